The number of hydrogen-bond acceptors (Lipinski definition) is 4. The Morgan fingerprint density at radius 2 is 2.19 bits per heavy atom. The summed E-state index contributed by atoms with van der Waals surface area (Å²) < 4.78 is 0. The van der Waals surface area contributed by atoms with Crippen LogP contribution in [0.4, 0.5) is 0 Å². The van der Waals surface area contributed by atoms with Gasteiger partial charge in [-0.05, 0) is 37.9 Å². The minimum atomic E-state index is -0.328. The summed E-state index contributed by atoms with van der Waals surface area (Å²) >= 11 is 0. The van der Waals surface area contributed by atoms with Crippen LogP contribution in [0.2, 0.25) is 0 Å². The van der Waals surface area contributed by atoms with Gasteiger partial charge in [-0.3, -0.25) is 14.7 Å². The maximum Gasteiger partial charge on any atom is 0.242 e. The Morgan fingerprint density at radius 1 is 1.38 bits per heavy atom. The molecule has 0 aromatic carbocycles. The highest BCUT2D eigenvalue weighted by molar-refractivity contribution is 5.86. The zero-order chi connectivity index (χ0) is 14.7. The van der Waals surface area contributed by atoms with E-state index >= 15 is 0 Å². The molecule has 0 saturated carbocycles. The van der Waals surface area contributed by atoms with Gasteiger partial charge in [-0.15, -0.1) is 0 Å². The van der Waals surface area contributed by atoms with Gasteiger partial charge in [0.25, 0.3) is 0 Å². The third-order valence-electron chi connectivity index (χ3n) is 4.63. The van der Waals surface area contributed by atoms with E-state index in [-0.39, 0.29) is 11.4 Å². The Labute approximate surface area is 126 Å². The second-order valence-corrected chi connectivity index (χ2v) is 6.29. The Kier molecular flexibility index (Phi) is 4.22. The predicted octanol–water partition coefficient (Wildman–Crippen LogP) is 0.868. The van der Waals surface area contributed by atoms with E-state index in [0.29, 0.717) is 0 Å². The van der Waals surface area contributed by atoms with Crippen molar-refractivity contribution in [3.63, 3.8) is 0 Å². The van der Waals surface area contributed by atoms with E-state index in [0.717, 1.165) is 52.1 Å². The van der Waals surface area contributed by atoms with E-state index in [1.54, 1.807) is 6.20 Å². The van der Waals surface area contributed by atoms with Crippen molar-refractivity contribution in [3.8, 4) is 0 Å². The average molecular weight is 288 g/mol. The second kappa shape index (κ2) is 6.12. The van der Waals surface area contributed by atoms with Gasteiger partial charge in [0.15, 0.2) is 0 Å². The lowest BCUT2D eigenvalue weighted by Gasteiger charge is -2.38. The second-order valence-electron chi connectivity index (χ2n) is 6.29. The molecule has 21 heavy (non-hydrogen) atoms. The first kappa shape index (κ1) is 14.5. The first-order valence-corrected chi connectivity index (χ1v) is 7.83. The van der Waals surface area contributed by atoms with E-state index in [2.05, 4.69) is 21.3 Å². The number of amides is 1. The maximum atomic E-state index is 12.6. The number of nitrogens with zero attached hydrogens (tertiary/aromatic N) is 3. The van der Waals surface area contributed by atoms with Crippen molar-refractivity contribution in [3.05, 3.63) is 30.1 Å². The molecule has 114 valence electrons. The third kappa shape index (κ3) is 3.24. The molecule has 1 atom stereocenters. The molecule has 0 unspecified atom stereocenters. The summed E-state index contributed by atoms with van der Waals surface area (Å²) in [7, 11) is 0. The molecule has 5 nitrogen and oxygen atoms in total. The van der Waals surface area contributed by atoms with Gasteiger partial charge in [-0.25, -0.2) is 0 Å². The molecule has 2 aliphatic rings. The number of nitrogens with one attached hydrogen (secondary N) is 1. The molecule has 1 aromatic rings. The van der Waals surface area contributed by atoms with Crippen molar-refractivity contribution < 1.29 is 4.79 Å². The van der Waals surface area contributed by atoms with Crippen molar-refractivity contribution in [2.45, 2.75) is 31.8 Å². The number of carbonyl (C=O) groups excluding carboxylic acids is 1. The molecule has 0 radical (unpaired) electrons. The molecule has 2 fully saturated rings. The Bertz CT molecular complexity index is 476. The number of pyridine rings is 1. The molecular weight excluding hydrogens is 264 g/mol. The van der Waals surface area contributed by atoms with Crippen LogP contribution in [0.15, 0.2) is 24.5 Å². The van der Waals surface area contributed by atoms with E-state index in [4.69, 9.17) is 0 Å². The Morgan fingerprint density at radius 3 is 2.81 bits per heavy atom. The predicted molar refractivity (Wildman–Crippen MR) is 81.7 cm³/mol. The van der Waals surface area contributed by atoms with Crippen LogP contribution in [-0.4, -0.2) is 59.0 Å². The highest BCUT2D eigenvalue weighted by Gasteiger charge is 2.39. The molecule has 1 N–H and O–H groups in total. The lowest BCUT2D eigenvalue weighted by Crippen LogP contribution is -2.57. The lowest BCUT2D eigenvalue weighted by atomic mass is 9.98. The molecule has 3 heterocycles. The smallest absolute Gasteiger partial charge is 0.242 e. The van der Waals surface area contributed by atoms with Gasteiger partial charge in [-0.2, -0.15) is 0 Å². The Hall–Kier alpha value is -1.46. The summed E-state index contributed by atoms with van der Waals surface area (Å²) in [5.41, 5.74) is 0.910. The highest BCUT2D eigenvalue weighted by Crippen LogP contribution is 2.22. The molecule has 2 saturated heterocycles. The van der Waals surface area contributed by atoms with Crippen molar-refractivity contribution in [2.24, 2.45) is 0 Å². The quantitative estimate of drug-likeness (QED) is 0.896. The highest BCUT2D eigenvalue weighted by atomic mass is 16.2. The van der Waals surface area contributed by atoms with E-state index in [9.17, 15) is 4.79 Å². The largest absolute Gasteiger partial charge is 0.339 e. The fraction of sp³-hybridized carbons (Fsp3) is 0.625. The molecule has 3 rings (SSSR count). The normalized spacial score (nSPS) is 27.0. The topological polar surface area (TPSA) is 48.5 Å². The fourth-order valence-corrected chi connectivity index (χ4v) is 3.29. The summed E-state index contributed by atoms with van der Waals surface area (Å²) in [4.78, 5) is 21.2. The van der Waals surface area contributed by atoms with Crippen LogP contribution in [0.5, 0.6) is 0 Å². The van der Waals surface area contributed by atoms with Crippen LogP contribution < -0.4 is 5.32 Å². The molecule has 1 aromatic heterocycles. The molecule has 0 spiro atoms. The number of hydrogen-bond donors (Lipinski definition) is 1. The van der Waals surface area contributed by atoms with Gasteiger partial charge < -0.3 is 10.2 Å². The van der Waals surface area contributed by atoms with E-state index < -0.39 is 0 Å². The van der Waals surface area contributed by atoms with E-state index in [1.165, 1.54) is 5.56 Å². The molecule has 0 aliphatic carbocycles. The Balaban J connectivity index is 1.52. The van der Waals surface area contributed by atoms with Crippen LogP contribution in [-0.2, 0) is 11.3 Å². The molecular formula is C16H24N4O. The van der Waals surface area contributed by atoms with Crippen molar-refractivity contribution >= 4 is 5.91 Å². The first-order chi connectivity index (χ1) is 10.2. The van der Waals surface area contributed by atoms with Crippen LogP contribution in [0.1, 0.15) is 25.3 Å². The standard InChI is InChI=1S/C16H24N4O/c1-16(5-3-7-18-16)15(21)20-10-8-19(9-11-20)13-14-4-2-6-17-12-14/h2,4,6,12,18H,3,5,7-11,13H2,1H3/t16-/m0/s1. The monoisotopic (exact) mass is 288 g/mol. The van der Waals surface area contributed by atoms with E-state index in [1.807, 2.05) is 24.1 Å². The summed E-state index contributed by atoms with van der Waals surface area (Å²) in [6.45, 7) is 7.47. The molecule has 2 aliphatic heterocycles. The number of rotatable bonds is 3. The average Bonchev–Trinajstić information content (AvgIpc) is 2.96. The van der Waals surface area contributed by atoms with Gasteiger partial charge in [0.1, 0.15) is 0 Å². The summed E-state index contributed by atoms with van der Waals surface area (Å²) in [5, 5.41) is 3.37. The minimum Gasteiger partial charge on any atom is -0.339 e. The van der Waals surface area contributed by atoms with Crippen LogP contribution in [0.25, 0.3) is 0 Å². The van der Waals surface area contributed by atoms with Gasteiger partial charge in [0.05, 0.1) is 5.54 Å². The van der Waals surface area contributed by atoms with Crippen LogP contribution >= 0.6 is 0 Å². The molecule has 1 amide bonds. The van der Waals surface area contributed by atoms with Crippen molar-refractivity contribution in [1.29, 1.82) is 0 Å². The number of carbonyl (C=O) groups is 1. The summed E-state index contributed by atoms with van der Waals surface area (Å²) in [6, 6.07) is 4.08. The summed E-state index contributed by atoms with van der Waals surface area (Å²) in [6.07, 6.45) is 5.78. The van der Waals surface area contributed by atoms with Crippen LogP contribution in [0.3, 0.4) is 0 Å². The van der Waals surface area contributed by atoms with Gasteiger partial charge >= 0.3 is 0 Å². The zero-order valence-corrected chi connectivity index (χ0v) is 12.7. The lowest BCUT2D eigenvalue weighted by molar-refractivity contribution is -0.139. The SMILES string of the molecule is C[C@@]1(C(=O)N2CCN(Cc3cccnc3)CC2)CCCN1. The minimum absolute atomic E-state index is 0.279. The van der Waals surface area contributed by atoms with Gasteiger partial charge in [0.2, 0.25) is 5.91 Å². The fourth-order valence-electron chi connectivity index (χ4n) is 3.29. The molecule has 5 heteroatoms. The zero-order valence-electron chi connectivity index (χ0n) is 12.7. The maximum absolute atomic E-state index is 12.6. The third-order valence-corrected chi connectivity index (χ3v) is 4.63. The van der Waals surface area contributed by atoms with Crippen molar-refractivity contribution in [1.82, 2.24) is 20.1 Å². The number of aromatic nitrogens is 1. The number of piperazine rings is 1. The molecule has 0 bridgehead atoms. The first-order valence-electron chi connectivity index (χ1n) is 7.83. The summed E-state index contributed by atoms with van der Waals surface area (Å²) in [5.74, 6) is 0.279. The van der Waals surface area contributed by atoms with Gasteiger partial charge in [-0.1, -0.05) is 6.07 Å². The van der Waals surface area contributed by atoms with Gasteiger partial charge in [0, 0.05) is 45.1 Å². The van der Waals surface area contributed by atoms with Crippen molar-refractivity contribution in [2.75, 3.05) is 32.7 Å². The van der Waals surface area contributed by atoms with Crippen LogP contribution in [0, 0.1) is 0 Å².